The van der Waals surface area contributed by atoms with Gasteiger partial charge in [-0.3, -0.25) is 0 Å². The van der Waals surface area contributed by atoms with Crippen LogP contribution < -0.4 is 0 Å². The van der Waals surface area contributed by atoms with Gasteiger partial charge in [0.25, 0.3) is 0 Å². The molecule has 0 aliphatic heterocycles. The molecule has 0 radical (unpaired) electrons. The molecule has 0 amide bonds. The van der Waals surface area contributed by atoms with Gasteiger partial charge in [0, 0.05) is 0 Å². The molecule has 1 atom stereocenters. The highest BCUT2D eigenvalue weighted by atomic mass is 35.6. The first-order valence-corrected chi connectivity index (χ1v) is 8.53. The van der Waals surface area contributed by atoms with Crippen LogP contribution in [-0.2, 0) is 0 Å². The highest BCUT2D eigenvalue weighted by Gasteiger charge is 2.62. The van der Waals surface area contributed by atoms with Gasteiger partial charge in [-0.15, -0.1) is 11.6 Å². The van der Waals surface area contributed by atoms with Gasteiger partial charge in [0.1, 0.15) is 0 Å². The summed E-state index contributed by atoms with van der Waals surface area (Å²) in [6.45, 7) is 2.11. The molecule has 0 rings (SSSR count). The summed E-state index contributed by atoms with van der Waals surface area (Å²) in [7, 11) is 0. The van der Waals surface area contributed by atoms with E-state index in [1.165, 1.54) is 0 Å². The minimum absolute atomic E-state index is 0.538. The van der Waals surface area contributed by atoms with Gasteiger partial charge < -0.3 is 0 Å². The minimum atomic E-state index is -2.05. The van der Waals surface area contributed by atoms with Crippen molar-refractivity contribution >= 4 is 92.8 Å². The number of halogens is 8. The van der Waals surface area contributed by atoms with Crippen molar-refractivity contribution in [1.82, 2.24) is 0 Å². The molecule has 110 valence electrons. The molecule has 18 heavy (non-hydrogen) atoms. The summed E-state index contributed by atoms with van der Waals surface area (Å²) in [6, 6.07) is 0. The van der Waals surface area contributed by atoms with Crippen LogP contribution >= 0.6 is 92.8 Å². The first-order chi connectivity index (χ1) is 7.98. The van der Waals surface area contributed by atoms with Crippen molar-refractivity contribution in [2.75, 3.05) is 0 Å². The lowest BCUT2D eigenvalue weighted by Gasteiger charge is -2.40. The van der Waals surface area contributed by atoms with E-state index in [1.54, 1.807) is 0 Å². The topological polar surface area (TPSA) is 0 Å². The molecule has 0 aliphatic carbocycles. The zero-order valence-electron chi connectivity index (χ0n) is 9.64. The molecule has 0 fully saturated rings. The van der Waals surface area contributed by atoms with E-state index in [9.17, 15) is 0 Å². The maximum Gasteiger partial charge on any atom is 0.226 e. The van der Waals surface area contributed by atoms with Gasteiger partial charge in [0.2, 0.25) is 3.79 Å². The summed E-state index contributed by atoms with van der Waals surface area (Å²) >= 11 is 47.3. The maximum absolute atomic E-state index is 6.13. The fourth-order valence-electron chi connectivity index (χ4n) is 1.32. The summed E-state index contributed by atoms with van der Waals surface area (Å²) in [4.78, 5) is 0. The van der Waals surface area contributed by atoms with E-state index in [0.29, 0.717) is 6.42 Å². The Balaban J connectivity index is 4.61. The zero-order chi connectivity index (χ0) is 14.6. The number of unbranched alkanes of at least 4 members (excludes halogenated alkanes) is 3. The number of rotatable bonds is 7. The second-order valence-corrected chi connectivity index (χ2v) is 9.53. The SMILES string of the molecule is CCCCCCC(Cl)C(Cl)(Cl)C(Cl)(Cl)C(Cl)(Cl)Cl. The minimum Gasteiger partial charge on any atom is -0.120 e. The first kappa shape index (κ1) is 20.3. The second kappa shape index (κ2) is 8.08. The van der Waals surface area contributed by atoms with E-state index in [2.05, 4.69) is 6.92 Å². The van der Waals surface area contributed by atoms with Gasteiger partial charge in [0.05, 0.1) is 5.38 Å². The summed E-state index contributed by atoms with van der Waals surface area (Å²) in [5.74, 6) is 0. The molecule has 0 aliphatic rings. The van der Waals surface area contributed by atoms with Crippen LogP contribution in [0.25, 0.3) is 0 Å². The van der Waals surface area contributed by atoms with Gasteiger partial charge in [-0.1, -0.05) is 114 Å². The monoisotopic (exact) mass is 414 g/mol. The Morgan fingerprint density at radius 3 is 1.72 bits per heavy atom. The van der Waals surface area contributed by atoms with Crippen LogP contribution in [0, 0.1) is 0 Å². The highest BCUT2D eigenvalue weighted by Crippen LogP contribution is 2.58. The van der Waals surface area contributed by atoms with E-state index in [-0.39, 0.29) is 0 Å². The Morgan fingerprint density at radius 1 is 0.833 bits per heavy atom. The Labute approximate surface area is 148 Å². The fourth-order valence-corrected chi connectivity index (χ4v) is 3.25. The predicted octanol–water partition coefficient (Wildman–Crippen LogP) is 7.28. The molecule has 0 heterocycles. The molecule has 0 aromatic rings. The third-order valence-corrected chi connectivity index (χ3v) is 7.32. The number of alkyl halides is 8. The van der Waals surface area contributed by atoms with E-state index in [4.69, 9.17) is 92.8 Å². The Kier molecular flexibility index (Phi) is 9.13. The molecule has 0 aromatic carbocycles. The van der Waals surface area contributed by atoms with Gasteiger partial charge in [-0.25, -0.2) is 0 Å². The molecule has 0 saturated heterocycles. The van der Waals surface area contributed by atoms with Crippen molar-refractivity contribution < 1.29 is 0 Å². The maximum atomic E-state index is 6.13. The average molecular weight is 418 g/mol. The molecule has 8 heteroatoms. The standard InChI is InChI=1S/C10H14Cl8/c1-2-3-4-5-6-7(11)8(12,13)9(14,15)10(16,17)18/h7H,2-6H2,1H3. The summed E-state index contributed by atoms with van der Waals surface area (Å²) in [5, 5.41) is -0.719. The predicted molar refractivity (Wildman–Crippen MR) is 87.6 cm³/mol. The van der Waals surface area contributed by atoms with Crippen LogP contribution in [-0.4, -0.2) is 17.8 Å². The molecule has 0 saturated carbocycles. The van der Waals surface area contributed by atoms with Crippen molar-refractivity contribution in [2.24, 2.45) is 0 Å². The lowest BCUT2D eigenvalue weighted by atomic mass is 10.1. The Morgan fingerprint density at radius 2 is 1.33 bits per heavy atom. The molecule has 0 N–H and O–H groups in total. The van der Waals surface area contributed by atoms with Crippen molar-refractivity contribution in [2.45, 2.75) is 56.9 Å². The Hall–Kier alpha value is 2.32. The van der Waals surface area contributed by atoms with E-state index in [0.717, 1.165) is 25.7 Å². The molecular weight excluding hydrogens is 404 g/mol. The van der Waals surface area contributed by atoms with Crippen LogP contribution in [0.2, 0.25) is 0 Å². The summed E-state index contributed by atoms with van der Waals surface area (Å²) in [5.41, 5.74) is 0. The quantitative estimate of drug-likeness (QED) is 0.301. The normalized spacial score (nSPS) is 15.8. The molecule has 0 aromatic heterocycles. The Bertz CT molecular complexity index is 245. The van der Waals surface area contributed by atoms with Crippen molar-refractivity contribution in [3.05, 3.63) is 0 Å². The summed E-state index contributed by atoms with van der Waals surface area (Å²) in [6.07, 6.45) is 4.64. The van der Waals surface area contributed by atoms with Crippen LogP contribution in [0.4, 0.5) is 0 Å². The number of hydrogen-bond acceptors (Lipinski definition) is 0. The number of hydrogen-bond donors (Lipinski definition) is 0. The van der Waals surface area contributed by atoms with Crippen LogP contribution in [0.3, 0.4) is 0 Å². The fraction of sp³-hybridized carbons (Fsp3) is 1.00. The van der Waals surface area contributed by atoms with Gasteiger partial charge in [-0.2, -0.15) is 0 Å². The largest absolute Gasteiger partial charge is 0.226 e. The molecule has 0 spiro atoms. The van der Waals surface area contributed by atoms with Crippen molar-refractivity contribution in [1.29, 1.82) is 0 Å². The molecular formula is C10H14Cl8. The average Bonchev–Trinajstić information content (AvgIpc) is 2.22. The highest BCUT2D eigenvalue weighted by molar-refractivity contribution is 6.79. The van der Waals surface area contributed by atoms with Crippen molar-refractivity contribution in [3.8, 4) is 0 Å². The zero-order valence-corrected chi connectivity index (χ0v) is 15.7. The van der Waals surface area contributed by atoms with E-state index < -0.39 is 17.8 Å². The van der Waals surface area contributed by atoms with Crippen LogP contribution in [0.5, 0.6) is 0 Å². The van der Waals surface area contributed by atoms with E-state index in [1.807, 2.05) is 0 Å². The molecule has 0 nitrogen and oxygen atoms in total. The molecule has 1 unspecified atom stereocenters. The summed E-state index contributed by atoms with van der Waals surface area (Å²) < 4.78 is -5.82. The van der Waals surface area contributed by atoms with Crippen LogP contribution in [0.15, 0.2) is 0 Å². The van der Waals surface area contributed by atoms with Gasteiger partial charge in [-0.05, 0) is 6.42 Å². The smallest absolute Gasteiger partial charge is 0.120 e. The van der Waals surface area contributed by atoms with Crippen molar-refractivity contribution in [3.63, 3.8) is 0 Å². The second-order valence-electron chi connectivity index (χ2n) is 4.01. The van der Waals surface area contributed by atoms with E-state index >= 15 is 0 Å². The third-order valence-electron chi connectivity index (χ3n) is 2.48. The lowest BCUT2D eigenvalue weighted by molar-refractivity contribution is 0.549. The van der Waals surface area contributed by atoms with Crippen LogP contribution in [0.1, 0.15) is 39.0 Å². The third kappa shape index (κ3) is 5.26. The lowest BCUT2D eigenvalue weighted by Crippen LogP contribution is -2.52. The van der Waals surface area contributed by atoms with Gasteiger partial charge in [0.15, 0.2) is 8.67 Å². The van der Waals surface area contributed by atoms with Gasteiger partial charge >= 0.3 is 0 Å². The molecule has 0 bridgehead atoms. The first-order valence-electron chi connectivity index (χ1n) is 5.45.